The molecule has 242 valence electrons. The molecule has 2 aliphatic rings. The van der Waals surface area contributed by atoms with Gasteiger partial charge in [-0.3, -0.25) is 14.9 Å². The van der Waals surface area contributed by atoms with E-state index in [0.29, 0.717) is 69.4 Å². The van der Waals surface area contributed by atoms with E-state index in [4.69, 9.17) is 9.47 Å². The van der Waals surface area contributed by atoms with Gasteiger partial charge in [0.2, 0.25) is 0 Å². The molecule has 4 amide bonds. The lowest BCUT2D eigenvalue weighted by molar-refractivity contribution is -0.137. The van der Waals surface area contributed by atoms with E-state index >= 15 is 0 Å². The molecule has 12 heteroatoms. The van der Waals surface area contributed by atoms with E-state index in [1.54, 1.807) is 35.2 Å². The summed E-state index contributed by atoms with van der Waals surface area (Å²) in [5.41, 5.74) is 3.79. The van der Waals surface area contributed by atoms with Gasteiger partial charge in [0, 0.05) is 44.8 Å². The summed E-state index contributed by atoms with van der Waals surface area (Å²) in [6.07, 6.45) is -0.982. The molecule has 2 heterocycles. The summed E-state index contributed by atoms with van der Waals surface area (Å²) in [5, 5.41) is 15.2. The molecule has 2 aliphatic heterocycles. The second-order valence-corrected chi connectivity index (χ2v) is 11.3. The van der Waals surface area contributed by atoms with Crippen molar-refractivity contribution in [2.45, 2.75) is 26.0 Å². The first-order valence-electron chi connectivity index (χ1n) is 15.3. The summed E-state index contributed by atoms with van der Waals surface area (Å²) >= 11 is 0. The fourth-order valence-electron chi connectivity index (χ4n) is 5.48. The monoisotopic (exact) mass is 629 g/mol. The van der Waals surface area contributed by atoms with Crippen LogP contribution in [0.25, 0.3) is 0 Å². The Morgan fingerprint density at radius 1 is 0.870 bits per heavy atom. The number of benzene rings is 3. The molecular formula is C34H39N5O7. The summed E-state index contributed by atoms with van der Waals surface area (Å²) in [5.74, 6) is -1.53. The molecule has 2 fully saturated rings. The first kappa shape index (κ1) is 32.3. The molecule has 12 nitrogen and oxygen atoms in total. The topological polar surface area (TPSA) is 141 Å². The normalized spacial score (nSPS) is 15.5. The number of carbonyl (C=O) groups excluding carboxylic acids is 3. The number of morpholine rings is 1. The quantitative estimate of drug-likeness (QED) is 0.319. The van der Waals surface area contributed by atoms with Crippen LogP contribution in [0.4, 0.5) is 21.0 Å². The van der Waals surface area contributed by atoms with Crippen molar-refractivity contribution in [2.24, 2.45) is 0 Å². The maximum atomic E-state index is 13.5. The van der Waals surface area contributed by atoms with E-state index in [0.717, 1.165) is 11.1 Å². The first-order valence-corrected chi connectivity index (χ1v) is 15.3. The van der Waals surface area contributed by atoms with Crippen LogP contribution in [0.3, 0.4) is 0 Å². The number of aliphatic carboxylic acids is 1. The second-order valence-electron chi connectivity index (χ2n) is 11.3. The average Bonchev–Trinajstić information content (AvgIpc) is 3.08. The van der Waals surface area contributed by atoms with Gasteiger partial charge in [0.1, 0.15) is 6.61 Å². The zero-order chi connectivity index (χ0) is 32.5. The number of ether oxygens (including phenoxy) is 2. The third-order valence-electron chi connectivity index (χ3n) is 8.04. The Balaban J connectivity index is 1.33. The number of aryl methyl sites for hydroxylation is 1. The third-order valence-corrected chi connectivity index (χ3v) is 8.04. The minimum atomic E-state index is -1.05. The number of rotatable bonds is 9. The van der Waals surface area contributed by atoms with E-state index in [1.807, 2.05) is 54.3 Å². The van der Waals surface area contributed by atoms with Crippen LogP contribution in [0, 0.1) is 6.92 Å². The van der Waals surface area contributed by atoms with E-state index in [1.165, 1.54) is 0 Å². The van der Waals surface area contributed by atoms with Gasteiger partial charge >= 0.3 is 18.1 Å². The Hall–Kier alpha value is -5.10. The smallest absolute Gasteiger partial charge is 0.412 e. The molecule has 0 spiro atoms. The van der Waals surface area contributed by atoms with Gasteiger partial charge in [-0.2, -0.15) is 0 Å². The predicted molar refractivity (Wildman–Crippen MR) is 172 cm³/mol. The van der Waals surface area contributed by atoms with Crippen molar-refractivity contribution in [1.29, 1.82) is 0 Å². The van der Waals surface area contributed by atoms with Crippen molar-refractivity contribution < 1.29 is 33.8 Å². The minimum Gasteiger partial charge on any atom is -0.481 e. The Bertz CT molecular complexity index is 1520. The average molecular weight is 630 g/mol. The number of piperazine rings is 1. The Morgan fingerprint density at radius 2 is 1.54 bits per heavy atom. The molecule has 3 aromatic carbocycles. The van der Waals surface area contributed by atoms with Crippen molar-refractivity contribution in [3.05, 3.63) is 95.1 Å². The molecule has 3 N–H and O–H groups in total. The number of carbonyl (C=O) groups is 4. The summed E-state index contributed by atoms with van der Waals surface area (Å²) in [6.45, 7) is 6.21. The molecule has 0 radical (unpaired) electrons. The molecule has 1 atom stereocenters. The largest absolute Gasteiger partial charge is 0.481 e. The fraction of sp³-hybridized carbons (Fsp3) is 0.353. The highest BCUT2D eigenvalue weighted by Gasteiger charge is 2.28. The van der Waals surface area contributed by atoms with Gasteiger partial charge in [0.05, 0.1) is 37.1 Å². The summed E-state index contributed by atoms with van der Waals surface area (Å²) in [4.78, 5) is 56.7. The van der Waals surface area contributed by atoms with Gasteiger partial charge < -0.3 is 34.6 Å². The van der Waals surface area contributed by atoms with Crippen LogP contribution in [0.5, 0.6) is 0 Å². The van der Waals surface area contributed by atoms with Crippen LogP contribution in [0.2, 0.25) is 0 Å². The maximum absolute atomic E-state index is 13.5. The van der Waals surface area contributed by atoms with Crippen LogP contribution in [0.15, 0.2) is 72.8 Å². The molecule has 0 aromatic heterocycles. The van der Waals surface area contributed by atoms with E-state index < -0.39 is 24.0 Å². The van der Waals surface area contributed by atoms with Crippen molar-refractivity contribution in [2.75, 3.05) is 62.7 Å². The summed E-state index contributed by atoms with van der Waals surface area (Å²) in [7, 11) is 0. The minimum absolute atomic E-state index is 0.0118. The Morgan fingerprint density at radius 3 is 2.22 bits per heavy atom. The van der Waals surface area contributed by atoms with Crippen LogP contribution in [0.1, 0.15) is 39.5 Å². The number of nitrogens with one attached hydrogen (secondary N) is 2. The van der Waals surface area contributed by atoms with E-state index in [9.17, 15) is 24.3 Å². The molecule has 3 aromatic rings. The van der Waals surface area contributed by atoms with E-state index in [-0.39, 0.29) is 24.6 Å². The van der Waals surface area contributed by atoms with Crippen molar-refractivity contribution in [3.8, 4) is 0 Å². The van der Waals surface area contributed by atoms with Gasteiger partial charge in [-0.25, -0.2) is 9.59 Å². The predicted octanol–water partition coefficient (Wildman–Crippen LogP) is 4.26. The molecule has 0 saturated carbocycles. The molecule has 2 saturated heterocycles. The Kier molecular flexibility index (Phi) is 10.7. The van der Waals surface area contributed by atoms with Crippen LogP contribution in [-0.2, 0) is 20.9 Å². The molecule has 1 unspecified atom stereocenters. The molecule has 46 heavy (non-hydrogen) atoms. The standard InChI is InChI=1S/C34H39N5O7/c1-24-7-9-26(10-8-24)28(22-31(40)41)35-32(42)27-11-12-30(29(21-27)36-33(43)46-23-25-5-3-2-4-6-25)37-13-15-38(16-14-37)34(44)39-17-19-45-20-18-39/h2-12,21,28H,13-20,22-23H2,1H3,(H,35,42)(H,36,43)(H,40,41). The van der Waals surface area contributed by atoms with E-state index in [2.05, 4.69) is 15.5 Å². The van der Waals surface area contributed by atoms with Crippen LogP contribution < -0.4 is 15.5 Å². The number of hydrogen-bond donors (Lipinski definition) is 3. The lowest BCUT2D eigenvalue weighted by Gasteiger charge is -2.39. The van der Waals surface area contributed by atoms with Crippen molar-refractivity contribution in [1.82, 2.24) is 15.1 Å². The molecule has 5 rings (SSSR count). The van der Waals surface area contributed by atoms with Crippen LogP contribution >= 0.6 is 0 Å². The van der Waals surface area contributed by atoms with Gasteiger partial charge in [-0.05, 0) is 36.2 Å². The molecular weight excluding hydrogens is 590 g/mol. The summed E-state index contributed by atoms with van der Waals surface area (Å²) < 4.78 is 10.8. The highest BCUT2D eigenvalue weighted by atomic mass is 16.5. The van der Waals surface area contributed by atoms with Gasteiger partial charge in [-0.1, -0.05) is 60.2 Å². The number of carboxylic acid groups (broad SMARTS) is 1. The number of anilines is 2. The lowest BCUT2D eigenvalue weighted by atomic mass is 10.0. The number of hydrogen-bond acceptors (Lipinski definition) is 7. The zero-order valence-corrected chi connectivity index (χ0v) is 25.8. The van der Waals surface area contributed by atoms with Crippen LogP contribution in [-0.4, -0.2) is 91.4 Å². The molecule has 0 aliphatic carbocycles. The third kappa shape index (κ3) is 8.54. The second kappa shape index (κ2) is 15.3. The maximum Gasteiger partial charge on any atom is 0.412 e. The van der Waals surface area contributed by atoms with Crippen molar-refractivity contribution >= 4 is 35.4 Å². The SMILES string of the molecule is Cc1ccc(C(CC(=O)O)NC(=O)c2ccc(N3CCN(C(=O)N4CCOCC4)CC3)c(NC(=O)OCc3ccccc3)c2)cc1. The number of nitrogens with zero attached hydrogens (tertiary/aromatic N) is 3. The highest BCUT2D eigenvalue weighted by molar-refractivity contribution is 5.99. The number of urea groups is 1. The zero-order valence-electron chi connectivity index (χ0n) is 25.8. The fourth-order valence-corrected chi connectivity index (χ4v) is 5.48. The van der Waals surface area contributed by atoms with Gasteiger partial charge in [0.15, 0.2) is 0 Å². The molecule has 0 bridgehead atoms. The van der Waals surface area contributed by atoms with Gasteiger partial charge in [-0.15, -0.1) is 0 Å². The Labute approximate surface area is 267 Å². The van der Waals surface area contributed by atoms with Crippen molar-refractivity contribution in [3.63, 3.8) is 0 Å². The first-order chi connectivity index (χ1) is 22.3. The number of carboxylic acids is 1. The highest BCUT2D eigenvalue weighted by Crippen LogP contribution is 2.30. The van der Waals surface area contributed by atoms with Gasteiger partial charge in [0.25, 0.3) is 5.91 Å². The number of amides is 4. The lowest BCUT2D eigenvalue weighted by Crippen LogP contribution is -2.54. The summed E-state index contributed by atoms with van der Waals surface area (Å²) in [6, 6.07) is 20.8.